The highest BCUT2D eigenvalue weighted by molar-refractivity contribution is 6.21. The van der Waals surface area contributed by atoms with Crippen molar-refractivity contribution in [3.05, 3.63) is 24.3 Å². The lowest BCUT2D eigenvalue weighted by Gasteiger charge is -2.14. The van der Waals surface area contributed by atoms with Crippen molar-refractivity contribution >= 4 is 17.5 Å². The van der Waals surface area contributed by atoms with Crippen LogP contribution in [0.15, 0.2) is 24.3 Å². The van der Waals surface area contributed by atoms with Gasteiger partial charge >= 0.3 is 0 Å². The third-order valence-corrected chi connectivity index (χ3v) is 3.01. The van der Waals surface area contributed by atoms with Crippen LogP contribution in [0.4, 0.5) is 5.69 Å². The van der Waals surface area contributed by atoms with Crippen LogP contribution in [0, 0.1) is 11.3 Å². The number of nitriles is 1. The Bertz CT molecular complexity index is 533. The molecule has 6 heteroatoms. The van der Waals surface area contributed by atoms with Gasteiger partial charge in [0.25, 0.3) is 5.91 Å². The van der Waals surface area contributed by atoms with Gasteiger partial charge in [-0.05, 0) is 24.3 Å². The Morgan fingerprint density at radius 2 is 2.11 bits per heavy atom. The Morgan fingerprint density at radius 1 is 1.42 bits per heavy atom. The fourth-order valence-electron chi connectivity index (χ4n) is 2.04. The van der Waals surface area contributed by atoms with E-state index in [-0.39, 0.29) is 24.8 Å². The highest BCUT2D eigenvalue weighted by atomic mass is 16.5. The van der Waals surface area contributed by atoms with E-state index in [2.05, 4.69) is 0 Å². The highest BCUT2D eigenvalue weighted by Crippen LogP contribution is 2.24. The molecule has 1 aromatic rings. The molecule has 2 amide bonds. The SMILES string of the molecule is COc1ccc(N2C(=O)C[C@@H]([NH2+]CC#N)C2=O)cc1. The van der Waals surface area contributed by atoms with Gasteiger partial charge in [-0.15, -0.1) is 0 Å². The van der Waals surface area contributed by atoms with Crippen LogP contribution in [0.3, 0.4) is 0 Å². The fourth-order valence-corrected chi connectivity index (χ4v) is 2.04. The van der Waals surface area contributed by atoms with E-state index >= 15 is 0 Å². The number of quaternary nitrogens is 1. The molecule has 0 aliphatic carbocycles. The molecule has 1 aliphatic heterocycles. The molecule has 98 valence electrons. The van der Waals surface area contributed by atoms with Crippen LogP contribution in [0.25, 0.3) is 0 Å². The summed E-state index contributed by atoms with van der Waals surface area (Å²) >= 11 is 0. The number of benzene rings is 1. The van der Waals surface area contributed by atoms with Gasteiger partial charge in [-0.3, -0.25) is 9.59 Å². The fraction of sp³-hybridized carbons (Fsp3) is 0.308. The standard InChI is InChI=1S/C13H13N3O3/c1-19-10-4-2-9(3-5-10)16-12(17)8-11(13(16)18)15-7-6-14/h2-5,11,15H,7-8H2,1H3/p+1/t11-/m1/s1. The minimum Gasteiger partial charge on any atom is -0.497 e. The Balaban J connectivity index is 2.17. The molecule has 6 nitrogen and oxygen atoms in total. The van der Waals surface area contributed by atoms with Crippen LogP contribution in [-0.2, 0) is 9.59 Å². The number of nitrogens with zero attached hydrogens (tertiary/aromatic N) is 2. The molecule has 1 aliphatic rings. The first-order valence-corrected chi connectivity index (χ1v) is 5.88. The summed E-state index contributed by atoms with van der Waals surface area (Å²) in [5.74, 6) is 0.148. The zero-order valence-corrected chi connectivity index (χ0v) is 10.5. The second kappa shape index (κ2) is 5.50. The molecule has 0 bridgehead atoms. The van der Waals surface area contributed by atoms with E-state index in [0.717, 1.165) is 4.90 Å². The molecular formula is C13H14N3O3+. The van der Waals surface area contributed by atoms with Crippen molar-refractivity contribution in [2.45, 2.75) is 12.5 Å². The van der Waals surface area contributed by atoms with E-state index < -0.39 is 6.04 Å². The van der Waals surface area contributed by atoms with Crippen LogP contribution in [0.2, 0.25) is 0 Å². The van der Waals surface area contributed by atoms with Crippen molar-refractivity contribution in [1.82, 2.24) is 0 Å². The first-order chi connectivity index (χ1) is 9.17. The van der Waals surface area contributed by atoms with E-state index in [4.69, 9.17) is 10.00 Å². The Morgan fingerprint density at radius 3 is 2.68 bits per heavy atom. The first kappa shape index (κ1) is 13.1. The monoisotopic (exact) mass is 260 g/mol. The summed E-state index contributed by atoms with van der Waals surface area (Å²) in [5, 5.41) is 10.1. The molecule has 2 N–H and O–H groups in total. The van der Waals surface area contributed by atoms with Crippen molar-refractivity contribution in [3.63, 3.8) is 0 Å². The van der Waals surface area contributed by atoms with E-state index in [1.165, 1.54) is 0 Å². The van der Waals surface area contributed by atoms with Crippen LogP contribution in [0.5, 0.6) is 5.75 Å². The number of nitrogens with two attached hydrogens (primary N) is 1. The predicted octanol–water partition coefficient (Wildman–Crippen LogP) is -0.586. The van der Waals surface area contributed by atoms with Crippen molar-refractivity contribution in [2.75, 3.05) is 18.6 Å². The van der Waals surface area contributed by atoms with E-state index in [9.17, 15) is 9.59 Å². The molecule has 0 unspecified atom stereocenters. The Hall–Kier alpha value is -2.39. The maximum atomic E-state index is 12.1. The molecule has 2 rings (SSSR count). The number of anilines is 1. The van der Waals surface area contributed by atoms with E-state index in [1.807, 2.05) is 6.07 Å². The molecule has 1 saturated heterocycles. The van der Waals surface area contributed by atoms with Gasteiger partial charge in [0.1, 0.15) is 11.8 Å². The molecule has 0 aromatic heterocycles. The van der Waals surface area contributed by atoms with Crippen LogP contribution in [0.1, 0.15) is 6.42 Å². The predicted molar refractivity (Wildman–Crippen MR) is 66.3 cm³/mol. The van der Waals surface area contributed by atoms with Crippen LogP contribution < -0.4 is 15.0 Å². The van der Waals surface area contributed by atoms with E-state index in [0.29, 0.717) is 11.4 Å². The normalized spacial score (nSPS) is 18.5. The average molecular weight is 260 g/mol. The number of ether oxygens (including phenoxy) is 1. The van der Waals surface area contributed by atoms with Gasteiger partial charge in [-0.1, -0.05) is 0 Å². The molecule has 19 heavy (non-hydrogen) atoms. The Kier molecular flexibility index (Phi) is 3.78. The number of amides is 2. The summed E-state index contributed by atoms with van der Waals surface area (Å²) in [7, 11) is 1.55. The molecule has 0 spiro atoms. The maximum Gasteiger partial charge on any atom is 0.292 e. The van der Waals surface area contributed by atoms with Gasteiger partial charge in [0.2, 0.25) is 5.91 Å². The molecular weight excluding hydrogens is 246 g/mol. The second-order valence-corrected chi connectivity index (χ2v) is 4.17. The molecule has 1 heterocycles. The van der Waals surface area contributed by atoms with Gasteiger partial charge in [-0.2, -0.15) is 5.26 Å². The Labute approximate surface area is 110 Å². The van der Waals surface area contributed by atoms with Crippen molar-refractivity contribution < 1.29 is 19.6 Å². The summed E-state index contributed by atoms with van der Waals surface area (Å²) in [5.41, 5.74) is 0.531. The topological polar surface area (TPSA) is 87.0 Å². The largest absolute Gasteiger partial charge is 0.497 e. The quantitative estimate of drug-likeness (QED) is 0.579. The van der Waals surface area contributed by atoms with Gasteiger partial charge in [0.05, 0.1) is 19.2 Å². The van der Waals surface area contributed by atoms with Crippen LogP contribution in [-0.4, -0.2) is 31.5 Å². The van der Waals surface area contributed by atoms with Gasteiger partial charge < -0.3 is 10.1 Å². The average Bonchev–Trinajstić information content (AvgIpc) is 2.71. The van der Waals surface area contributed by atoms with Gasteiger partial charge in [0, 0.05) is 0 Å². The number of carbonyl (C=O) groups excluding carboxylic acids is 2. The summed E-state index contributed by atoms with van der Waals surface area (Å²) in [6, 6.07) is 8.18. The van der Waals surface area contributed by atoms with E-state index in [1.54, 1.807) is 36.7 Å². The molecule has 1 fully saturated rings. The number of hydrogen-bond donors (Lipinski definition) is 1. The summed E-state index contributed by atoms with van der Waals surface area (Å²) in [4.78, 5) is 25.2. The second-order valence-electron chi connectivity index (χ2n) is 4.17. The number of imide groups is 1. The molecule has 0 radical (unpaired) electrons. The third kappa shape index (κ3) is 2.56. The number of rotatable bonds is 4. The smallest absolute Gasteiger partial charge is 0.292 e. The zero-order valence-electron chi connectivity index (χ0n) is 10.5. The molecule has 0 saturated carbocycles. The van der Waals surface area contributed by atoms with Gasteiger partial charge in [0.15, 0.2) is 12.6 Å². The van der Waals surface area contributed by atoms with Crippen LogP contribution >= 0.6 is 0 Å². The highest BCUT2D eigenvalue weighted by Gasteiger charge is 2.42. The minimum absolute atomic E-state index is 0.131. The lowest BCUT2D eigenvalue weighted by Crippen LogP contribution is -2.91. The summed E-state index contributed by atoms with van der Waals surface area (Å²) < 4.78 is 5.03. The minimum atomic E-state index is -0.491. The number of carbonyl (C=O) groups is 2. The number of methoxy groups -OCH3 is 1. The lowest BCUT2D eigenvalue weighted by atomic mass is 10.2. The lowest BCUT2D eigenvalue weighted by molar-refractivity contribution is -0.664. The first-order valence-electron chi connectivity index (χ1n) is 5.88. The summed E-state index contributed by atoms with van der Waals surface area (Å²) in [6.07, 6.45) is 0.131. The number of hydrogen-bond acceptors (Lipinski definition) is 4. The van der Waals surface area contributed by atoms with Crippen molar-refractivity contribution in [2.24, 2.45) is 0 Å². The zero-order chi connectivity index (χ0) is 13.8. The summed E-state index contributed by atoms with van der Waals surface area (Å²) in [6.45, 7) is 0.167. The van der Waals surface area contributed by atoms with Gasteiger partial charge in [-0.25, -0.2) is 4.90 Å². The third-order valence-electron chi connectivity index (χ3n) is 3.01. The van der Waals surface area contributed by atoms with Crippen molar-refractivity contribution in [1.29, 1.82) is 5.26 Å². The molecule has 1 atom stereocenters. The van der Waals surface area contributed by atoms with Crippen molar-refractivity contribution in [3.8, 4) is 11.8 Å². The maximum absolute atomic E-state index is 12.1. The molecule has 1 aromatic carbocycles.